The van der Waals surface area contributed by atoms with Crippen molar-refractivity contribution in [3.8, 4) is 0 Å². The van der Waals surface area contributed by atoms with Crippen molar-refractivity contribution < 1.29 is 10.2 Å². The van der Waals surface area contributed by atoms with Gasteiger partial charge in [0, 0.05) is 13.1 Å². The first kappa shape index (κ1) is 32.2. The molecule has 0 spiro atoms. The zero-order valence-electron chi connectivity index (χ0n) is 21.9. The Morgan fingerprint density at radius 3 is 1.28 bits per heavy atom. The highest BCUT2D eigenvalue weighted by Crippen LogP contribution is 2.14. The second-order valence-electron chi connectivity index (χ2n) is 10.0. The molecule has 0 radical (unpaired) electrons. The summed E-state index contributed by atoms with van der Waals surface area (Å²) < 4.78 is 0. The molecule has 0 saturated heterocycles. The van der Waals surface area contributed by atoms with Crippen molar-refractivity contribution in [2.24, 2.45) is 0 Å². The van der Waals surface area contributed by atoms with Gasteiger partial charge >= 0.3 is 0 Å². The Morgan fingerprint density at radius 2 is 0.906 bits per heavy atom. The lowest BCUT2D eigenvalue weighted by Gasteiger charge is -2.27. The minimum Gasteiger partial charge on any atom is -0.392 e. The van der Waals surface area contributed by atoms with Gasteiger partial charge in [0.2, 0.25) is 0 Å². The van der Waals surface area contributed by atoms with Gasteiger partial charge in [-0.15, -0.1) is 0 Å². The molecule has 0 saturated carbocycles. The highest BCUT2D eigenvalue weighted by molar-refractivity contribution is 7.80. The lowest BCUT2D eigenvalue weighted by Crippen LogP contribution is -2.38. The Kier molecular flexibility index (Phi) is 26.0. The number of unbranched alkanes of at least 4 members (excludes halogenated alkanes) is 15. The summed E-state index contributed by atoms with van der Waals surface area (Å²) in [5.41, 5.74) is 0. The smallest absolute Gasteiger partial charge is 0.0667 e. The van der Waals surface area contributed by atoms with Gasteiger partial charge in [0.15, 0.2) is 0 Å². The van der Waals surface area contributed by atoms with Crippen LogP contribution in [-0.4, -0.2) is 52.7 Å². The second-order valence-corrected chi connectivity index (χ2v) is 10.5. The van der Waals surface area contributed by atoms with Gasteiger partial charge in [-0.1, -0.05) is 117 Å². The average Bonchev–Trinajstić information content (AvgIpc) is 2.77. The van der Waals surface area contributed by atoms with E-state index >= 15 is 0 Å². The third-order valence-corrected chi connectivity index (χ3v) is 6.92. The first-order chi connectivity index (χ1) is 15.6. The normalized spacial score (nSPS) is 13.7. The number of nitrogens with zero attached hydrogens (tertiary/aromatic N) is 1. The molecule has 0 fully saturated rings. The van der Waals surface area contributed by atoms with Gasteiger partial charge in [0.25, 0.3) is 0 Å². The van der Waals surface area contributed by atoms with Crippen LogP contribution < -0.4 is 0 Å². The minimum absolute atomic E-state index is 0.263. The third-order valence-electron chi connectivity index (χ3n) is 6.60. The maximum Gasteiger partial charge on any atom is 0.0667 e. The molecule has 0 aromatic heterocycles. The minimum atomic E-state index is -0.263. The predicted octanol–water partition coefficient (Wildman–Crippen LogP) is 7.78. The van der Waals surface area contributed by atoms with Crippen LogP contribution in [0.25, 0.3) is 0 Å². The van der Waals surface area contributed by atoms with Gasteiger partial charge in [-0.05, 0) is 38.0 Å². The highest BCUT2D eigenvalue weighted by atomic mass is 32.1. The monoisotopic (exact) mass is 473 g/mol. The van der Waals surface area contributed by atoms with Crippen molar-refractivity contribution in [1.29, 1.82) is 0 Å². The molecule has 0 aliphatic heterocycles. The van der Waals surface area contributed by atoms with E-state index in [1.165, 1.54) is 89.9 Å². The van der Waals surface area contributed by atoms with Crippen LogP contribution in [0.15, 0.2) is 0 Å². The number of rotatable bonds is 26. The summed E-state index contributed by atoms with van der Waals surface area (Å²) in [7, 11) is 0. The van der Waals surface area contributed by atoms with Crippen molar-refractivity contribution in [2.75, 3.05) is 25.4 Å². The van der Waals surface area contributed by atoms with Crippen molar-refractivity contribution in [3.05, 3.63) is 0 Å². The molecule has 0 rings (SSSR count). The molecule has 0 aliphatic carbocycles. The number of aliphatic hydroxyl groups excluding tert-OH is 2. The maximum atomic E-state index is 10.6. The molecular formula is C28H59NO2S. The van der Waals surface area contributed by atoms with Crippen LogP contribution in [0, 0.1) is 0 Å². The van der Waals surface area contributed by atoms with Crippen LogP contribution in [0.3, 0.4) is 0 Å². The molecule has 3 nitrogen and oxygen atoms in total. The van der Waals surface area contributed by atoms with E-state index in [0.717, 1.165) is 50.8 Å². The maximum absolute atomic E-state index is 10.6. The highest BCUT2D eigenvalue weighted by Gasteiger charge is 2.15. The second kappa shape index (κ2) is 25.8. The first-order valence-electron chi connectivity index (χ1n) is 14.3. The van der Waals surface area contributed by atoms with Crippen molar-refractivity contribution in [1.82, 2.24) is 4.90 Å². The molecule has 32 heavy (non-hydrogen) atoms. The molecule has 4 heteroatoms. The first-order valence-corrected chi connectivity index (χ1v) is 15.0. The molecule has 0 amide bonds. The Labute approximate surface area is 207 Å². The summed E-state index contributed by atoms with van der Waals surface area (Å²) in [6.45, 7) is 6.90. The quantitative estimate of drug-likeness (QED) is 0.0887. The van der Waals surface area contributed by atoms with Crippen LogP contribution in [0.5, 0.6) is 0 Å². The topological polar surface area (TPSA) is 43.7 Å². The van der Waals surface area contributed by atoms with E-state index in [9.17, 15) is 10.2 Å². The van der Waals surface area contributed by atoms with E-state index < -0.39 is 0 Å². The van der Waals surface area contributed by atoms with Gasteiger partial charge in [-0.3, -0.25) is 4.90 Å². The lowest BCUT2D eigenvalue weighted by atomic mass is 10.0. The van der Waals surface area contributed by atoms with Crippen LogP contribution in [0.2, 0.25) is 0 Å². The molecule has 2 unspecified atom stereocenters. The summed E-state index contributed by atoms with van der Waals surface area (Å²) in [6.07, 6.45) is 24.3. The standard InChI is InChI=1S/C28H59NO2S/c1-3-5-7-9-11-13-15-17-21-27(30)25-29(23-19-20-24-32)26-28(31)22-18-16-14-12-10-8-6-4-2/h27-28,30-32H,3-26H2,1-2H3. The zero-order valence-corrected chi connectivity index (χ0v) is 22.8. The fraction of sp³-hybridized carbons (Fsp3) is 1.00. The summed E-state index contributed by atoms with van der Waals surface area (Å²) in [4.78, 5) is 2.30. The van der Waals surface area contributed by atoms with E-state index in [2.05, 4.69) is 31.4 Å². The van der Waals surface area contributed by atoms with Gasteiger partial charge < -0.3 is 10.2 Å². The van der Waals surface area contributed by atoms with Crippen molar-refractivity contribution in [2.45, 2.75) is 154 Å². The van der Waals surface area contributed by atoms with Crippen molar-refractivity contribution >= 4 is 12.6 Å². The molecule has 194 valence electrons. The molecule has 0 aromatic carbocycles. The molecular weight excluding hydrogens is 414 g/mol. The zero-order chi connectivity index (χ0) is 23.7. The van der Waals surface area contributed by atoms with Gasteiger partial charge in [-0.25, -0.2) is 0 Å². The van der Waals surface area contributed by atoms with Crippen LogP contribution in [-0.2, 0) is 0 Å². The van der Waals surface area contributed by atoms with E-state index in [-0.39, 0.29) is 12.2 Å². The number of thiol groups is 1. The Morgan fingerprint density at radius 1 is 0.531 bits per heavy atom. The molecule has 2 N–H and O–H groups in total. The lowest BCUT2D eigenvalue weighted by molar-refractivity contribution is 0.0599. The molecule has 0 bridgehead atoms. The van der Waals surface area contributed by atoms with E-state index in [0.29, 0.717) is 13.1 Å². The average molecular weight is 474 g/mol. The molecule has 0 aromatic rings. The Hall–Kier alpha value is 0.230. The summed E-state index contributed by atoms with van der Waals surface area (Å²) in [5, 5.41) is 21.1. The number of hydrogen-bond donors (Lipinski definition) is 3. The summed E-state index contributed by atoms with van der Waals surface area (Å²) in [5.74, 6) is 0.912. The molecule has 0 heterocycles. The van der Waals surface area contributed by atoms with E-state index in [1.807, 2.05) is 0 Å². The summed E-state index contributed by atoms with van der Waals surface area (Å²) >= 11 is 4.33. The van der Waals surface area contributed by atoms with Crippen molar-refractivity contribution in [3.63, 3.8) is 0 Å². The van der Waals surface area contributed by atoms with Gasteiger partial charge in [0.1, 0.15) is 0 Å². The van der Waals surface area contributed by atoms with Crippen LogP contribution in [0.1, 0.15) is 142 Å². The molecule has 2 atom stereocenters. The number of aliphatic hydroxyl groups is 2. The van der Waals surface area contributed by atoms with Gasteiger partial charge in [0.05, 0.1) is 12.2 Å². The largest absolute Gasteiger partial charge is 0.392 e. The third kappa shape index (κ3) is 23.4. The number of hydrogen-bond acceptors (Lipinski definition) is 4. The van der Waals surface area contributed by atoms with Crippen LogP contribution >= 0.6 is 12.6 Å². The van der Waals surface area contributed by atoms with Gasteiger partial charge in [-0.2, -0.15) is 12.6 Å². The fourth-order valence-corrected chi connectivity index (χ4v) is 4.73. The Bertz CT molecular complexity index is 328. The van der Waals surface area contributed by atoms with Crippen LogP contribution in [0.4, 0.5) is 0 Å². The molecule has 0 aliphatic rings. The van der Waals surface area contributed by atoms with E-state index in [4.69, 9.17) is 0 Å². The summed E-state index contributed by atoms with van der Waals surface area (Å²) in [6, 6.07) is 0. The fourth-order valence-electron chi connectivity index (χ4n) is 4.51. The van der Waals surface area contributed by atoms with E-state index in [1.54, 1.807) is 0 Å². The SMILES string of the molecule is CCCCCCCCCCC(O)CN(CCCCS)CC(O)CCCCCCCCCC. The Balaban J connectivity index is 3.97. The predicted molar refractivity (Wildman–Crippen MR) is 146 cm³/mol.